The van der Waals surface area contributed by atoms with Gasteiger partial charge in [0.2, 0.25) is 5.91 Å². The fourth-order valence-corrected chi connectivity index (χ4v) is 3.48. The molecule has 0 aliphatic rings. The average Bonchev–Trinajstić information content (AvgIpc) is 3.63. The van der Waals surface area contributed by atoms with Crippen molar-refractivity contribution in [2.75, 3.05) is 20.2 Å². The molecule has 10 nitrogen and oxygen atoms in total. The van der Waals surface area contributed by atoms with Gasteiger partial charge in [-0.15, -0.1) is 0 Å². The van der Waals surface area contributed by atoms with Crippen LogP contribution in [0.2, 0.25) is 0 Å². The van der Waals surface area contributed by atoms with Crippen molar-refractivity contribution < 1.29 is 27.5 Å². The maximum atomic E-state index is 14.6. The maximum absolute atomic E-state index is 14.6. The van der Waals surface area contributed by atoms with E-state index in [1.807, 2.05) is 0 Å². The number of halogens is 3. The van der Waals surface area contributed by atoms with Crippen molar-refractivity contribution >= 4 is 11.9 Å². The van der Waals surface area contributed by atoms with Crippen LogP contribution in [0.4, 0.5) is 13.2 Å². The summed E-state index contributed by atoms with van der Waals surface area (Å²) in [6.07, 6.45) is 2.50. The van der Waals surface area contributed by atoms with Gasteiger partial charge in [-0.25, -0.2) is 18.2 Å². The van der Waals surface area contributed by atoms with Crippen LogP contribution in [0.25, 0.3) is 33.6 Å². The Hall–Kier alpha value is -4.52. The molecule has 1 amide bonds. The molecule has 4 rings (SSSR count). The number of hydrogen-bond acceptors (Lipinski definition) is 7. The molecule has 0 atom stereocenters. The summed E-state index contributed by atoms with van der Waals surface area (Å²) < 4.78 is 46.6. The van der Waals surface area contributed by atoms with Gasteiger partial charge in [0, 0.05) is 35.9 Å². The molecule has 0 saturated carbocycles. The lowest BCUT2D eigenvalue weighted by Gasteiger charge is -2.08. The largest absolute Gasteiger partial charge is 0.469 e. The third-order valence-electron chi connectivity index (χ3n) is 5.48. The molecule has 4 N–H and O–H groups in total. The van der Waals surface area contributed by atoms with E-state index < -0.39 is 12.2 Å². The molecule has 0 fully saturated rings. The SMILES string of the molecule is CCC(=O)OC.NCC(=O)NCCn1cc(-c2cc(-c3cn[nH]c3-c3cccc(C(F)F)n3)ccc2F)cn1. The summed E-state index contributed by atoms with van der Waals surface area (Å²) in [5.74, 6) is -0.877. The standard InChI is InChI=1S/C22H20F3N7O.C4H8O2/c23-17-5-4-13(8-15(17)14-10-29-32(12-14)7-6-27-20(33)9-26)16-11-28-31-21(16)18-2-1-3-19(30-18)22(24)25;1-3-4(5)6-2/h1-5,8,10-12,22H,6-7,9,26H2,(H,27,33)(H,28,31);3H2,1-2H3. The minimum Gasteiger partial charge on any atom is -0.469 e. The number of alkyl halides is 2. The van der Waals surface area contributed by atoms with Gasteiger partial charge in [-0.1, -0.05) is 19.1 Å². The lowest BCUT2D eigenvalue weighted by molar-refractivity contribution is -0.140. The van der Waals surface area contributed by atoms with E-state index in [1.165, 1.54) is 37.7 Å². The number of aromatic nitrogens is 5. The second kappa shape index (κ2) is 13.9. The first-order valence-electron chi connectivity index (χ1n) is 11.9. The number of aromatic amines is 1. The first-order chi connectivity index (χ1) is 18.8. The van der Waals surface area contributed by atoms with Crippen LogP contribution in [0.15, 0.2) is 55.0 Å². The van der Waals surface area contributed by atoms with Gasteiger partial charge in [0.25, 0.3) is 6.43 Å². The second-order valence-corrected chi connectivity index (χ2v) is 8.08. The lowest BCUT2D eigenvalue weighted by Crippen LogP contribution is -2.32. The number of rotatable bonds is 9. The monoisotopic (exact) mass is 543 g/mol. The van der Waals surface area contributed by atoms with Crippen molar-refractivity contribution in [3.63, 3.8) is 0 Å². The van der Waals surface area contributed by atoms with Gasteiger partial charge in [-0.2, -0.15) is 10.2 Å². The number of nitrogens with zero attached hydrogens (tertiary/aromatic N) is 4. The molecular weight excluding hydrogens is 515 g/mol. The maximum Gasteiger partial charge on any atom is 0.305 e. The van der Waals surface area contributed by atoms with Crippen LogP contribution in [0.1, 0.15) is 25.5 Å². The summed E-state index contributed by atoms with van der Waals surface area (Å²) in [7, 11) is 1.38. The van der Waals surface area contributed by atoms with E-state index in [0.717, 1.165) is 0 Å². The highest BCUT2D eigenvalue weighted by atomic mass is 19.3. The molecule has 0 unspecified atom stereocenters. The Kier molecular flexibility index (Phi) is 10.3. The Balaban J connectivity index is 0.000000631. The van der Waals surface area contributed by atoms with Crippen LogP contribution >= 0.6 is 0 Å². The smallest absolute Gasteiger partial charge is 0.305 e. The quantitative estimate of drug-likeness (QED) is 0.273. The lowest BCUT2D eigenvalue weighted by atomic mass is 9.99. The summed E-state index contributed by atoms with van der Waals surface area (Å²) in [5.41, 5.74) is 7.73. The number of H-pyrrole nitrogens is 1. The molecule has 39 heavy (non-hydrogen) atoms. The zero-order valence-electron chi connectivity index (χ0n) is 21.3. The van der Waals surface area contributed by atoms with Crippen LogP contribution in [0.3, 0.4) is 0 Å². The van der Waals surface area contributed by atoms with Crippen LogP contribution in [0.5, 0.6) is 0 Å². The van der Waals surface area contributed by atoms with E-state index in [2.05, 4.69) is 30.3 Å². The molecule has 4 aromatic rings. The van der Waals surface area contributed by atoms with E-state index in [-0.39, 0.29) is 24.1 Å². The van der Waals surface area contributed by atoms with Crippen LogP contribution in [-0.2, 0) is 20.9 Å². The zero-order valence-corrected chi connectivity index (χ0v) is 21.3. The Labute approximate surface area is 222 Å². The molecule has 0 aliphatic carbocycles. The van der Waals surface area contributed by atoms with Crippen LogP contribution in [0, 0.1) is 5.82 Å². The fraction of sp³-hybridized carbons (Fsp3) is 0.269. The van der Waals surface area contributed by atoms with Gasteiger partial charge < -0.3 is 15.8 Å². The number of benzene rings is 1. The Morgan fingerprint density at radius 3 is 2.62 bits per heavy atom. The molecule has 0 spiro atoms. The molecule has 0 radical (unpaired) electrons. The molecule has 0 bridgehead atoms. The van der Waals surface area contributed by atoms with E-state index >= 15 is 0 Å². The molecule has 206 valence electrons. The number of pyridine rings is 1. The van der Waals surface area contributed by atoms with Gasteiger partial charge >= 0.3 is 5.97 Å². The number of carbonyl (C=O) groups is 2. The van der Waals surface area contributed by atoms with Gasteiger partial charge in [-0.3, -0.25) is 19.4 Å². The molecule has 0 saturated heterocycles. The van der Waals surface area contributed by atoms with Gasteiger partial charge in [0.15, 0.2) is 0 Å². The van der Waals surface area contributed by atoms with Gasteiger partial charge in [0.1, 0.15) is 11.5 Å². The summed E-state index contributed by atoms with van der Waals surface area (Å²) in [5, 5.41) is 13.7. The fourth-order valence-electron chi connectivity index (χ4n) is 3.48. The molecule has 3 heterocycles. The van der Waals surface area contributed by atoms with E-state index in [1.54, 1.807) is 36.0 Å². The second-order valence-electron chi connectivity index (χ2n) is 8.08. The minimum atomic E-state index is -2.70. The summed E-state index contributed by atoms with van der Waals surface area (Å²) in [6, 6.07) is 8.88. The third-order valence-corrected chi connectivity index (χ3v) is 5.48. The van der Waals surface area contributed by atoms with Crippen molar-refractivity contribution in [2.45, 2.75) is 26.3 Å². The average molecular weight is 544 g/mol. The first-order valence-corrected chi connectivity index (χ1v) is 11.9. The number of carbonyl (C=O) groups excluding carboxylic acids is 2. The molecule has 13 heteroatoms. The number of ether oxygens (including phenoxy) is 1. The molecule has 1 aromatic carbocycles. The zero-order chi connectivity index (χ0) is 28.4. The predicted molar refractivity (Wildman–Crippen MR) is 138 cm³/mol. The van der Waals surface area contributed by atoms with Crippen molar-refractivity contribution in [3.8, 4) is 33.6 Å². The van der Waals surface area contributed by atoms with Gasteiger partial charge in [0.05, 0.1) is 44.0 Å². The van der Waals surface area contributed by atoms with Gasteiger partial charge in [-0.05, 0) is 29.8 Å². The number of amides is 1. The van der Waals surface area contributed by atoms with Crippen LogP contribution in [-0.4, -0.2) is 57.0 Å². The highest BCUT2D eigenvalue weighted by Gasteiger charge is 2.17. The van der Waals surface area contributed by atoms with Crippen molar-refractivity contribution in [3.05, 3.63) is 66.5 Å². The van der Waals surface area contributed by atoms with E-state index in [0.29, 0.717) is 53.2 Å². The number of hydrogen-bond donors (Lipinski definition) is 3. The minimum absolute atomic E-state index is 0.0969. The van der Waals surface area contributed by atoms with E-state index in [4.69, 9.17) is 5.73 Å². The molecule has 0 aliphatic heterocycles. The summed E-state index contributed by atoms with van der Waals surface area (Å²) >= 11 is 0. The normalized spacial score (nSPS) is 10.6. The Morgan fingerprint density at radius 1 is 1.15 bits per heavy atom. The predicted octanol–water partition coefficient (Wildman–Crippen LogP) is 3.72. The number of nitrogens with one attached hydrogen (secondary N) is 2. The van der Waals surface area contributed by atoms with Crippen molar-refractivity contribution in [1.29, 1.82) is 0 Å². The molecular formula is C26H28F3N7O3. The van der Waals surface area contributed by atoms with Crippen molar-refractivity contribution in [1.82, 2.24) is 30.3 Å². The Morgan fingerprint density at radius 2 is 1.95 bits per heavy atom. The topological polar surface area (TPSA) is 141 Å². The summed E-state index contributed by atoms with van der Waals surface area (Å²) in [6.45, 7) is 2.39. The highest BCUT2D eigenvalue weighted by molar-refractivity contribution is 5.81. The number of methoxy groups -OCH3 is 1. The first kappa shape index (κ1) is 29.0. The number of nitrogens with two attached hydrogens (primary N) is 1. The third kappa shape index (κ3) is 7.74. The highest BCUT2D eigenvalue weighted by Crippen LogP contribution is 2.33. The van der Waals surface area contributed by atoms with E-state index in [9.17, 15) is 22.8 Å². The van der Waals surface area contributed by atoms with Crippen LogP contribution < -0.4 is 11.1 Å². The Bertz CT molecular complexity index is 1400. The summed E-state index contributed by atoms with van der Waals surface area (Å²) in [4.78, 5) is 25.2. The number of esters is 1. The molecule has 3 aromatic heterocycles. The van der Waals surface area contributed by atoms with Crippen molar-refractivity contribution in [2.24, 2.45) is 5.73 Å².